The first-order chi connectivity index (χ1) is 8.99. The molecule has 2 aromatic rings. The normalized spacial score (nSPS) is 11.2. The molecule has 0 bridgehead atoms. The summed E-state index contributed by atoms with van der Waals surface area (Å²) in [6.45, 7) is 8.89. The van der Waals surface area contributed by atoms with Crippen molar-refractivity contribution < 1.29 is 4.79 Å². The van der Waals surface area contributed by atoms with Crippen LogP contribution in [0.25, 0.3) is 11.0 Å². The topological polar surface area (TPSA) is 34.9 Å². The minimum absolute atomic E-state index is 0.277. The van der Waals surface area contributed by atoms with Crippen LogP contribution >= 0.6 is 0 Å². The van der Waals surface area contributed by atoms with Crippen molar-refractivity contribution in [2.45, 2.75) is 53.5 Å². The van der Waals surface area contributed by atoms with Gasteiger partial charge in [-0.15, -0.1) is 0 Å². The highest BCUT2D eigenvalue weighted by molar-refractivity contribution is 5.80. The number of imidazole rings is 1. The SMILES string of the molecule is CC(=O)CCCCn1c(C)nc2c(C)cc(C)cc21. The van der Waals surface area contributed by atoms with Gasteiger partial charge >= 0.3 is 0 Å². The number of fused-ring (bicyclic) bond motifs is 1. The molecular formula is C16H22N2O. The summed E-state index contributed by atoms with van der Waals surface area (Å²) in [5.74, 6) is 1.34. The lowest BCUT2D eigenvalue weighted by Crippen LogP contribution is -2.01. The first-order valence-electron chi connectivity index (χ1n) is 6.92. The van der Waals surface area contributed by atoms with Crippen LogP contribution in [0.4, 0.5) is 0 Å². The predicted octanol–water partition coefficient (Wildman–Crippen LogP) is 3.72. The Bertz CT molecular complexity index is 611. The smallest absolute Gasteiger partial charge is 0.129 e. The van der Waals surface area contributed by atoms with Crippen molar-refractivity contribution in [3.05, 3.63) is 29.1 Å². The monoisotopic (exact) mass is 258 g/mol. The average molecular weight is 258 g/mol. The number of benzene rings is 1. The molecule has 0 spiro atoms. The molecule has 0 unspecified atom stereocenters. The highest BCUT2D eigenvalue weighted by atomic mass is 16.1. The number of unbranched alkanes of at least 4 members (excludes halogenated alkanes) is 1. The van der Waals surface area contributed by atoms with Crippen LogP contribution in [0.3, 0.4) is 0 Å². The van der Waals surface area contributed by atoms with E-state index in [1.54, 1.807) is 6.92 Å². The second-order valence-electron chi connectivity index (χ2n) is 5.42. The minimum Gasteiger partial charge on any atom is -0.328 e. The van der Waals surface area contributed by atoms with Crippen molar-refractivity contribution in [3.8, 4) is 0 Å². The first-order valence-corrected chi connectivity index (χ1v) is 6.92. The van der Waals surface area contributed by atoms with Crippen molar-refractivity contribution >= 4 is 16.8 Å². The molecule has 102 valence electrons. The summed E-state index contributed by atoms with van der Waals surface area (Å²) in [4.78, 5) is 15.6. The van der Waals surface area contributed by atoms with E-state index in [9.17, 15) is 4.79 Å². The number of aryl methyl sites for hydroxylation is 4. The third-order valence-corrected chi connectivity index (χ3v) is 3.54. The highest BCUT2D eigenvalue weighted by Crippen LogP contribution is 2.22. The van der Waals surface area contributed by atoms with Gasteiger partial charge < -0.3 is 9.36 Å². The summed E-state index contributed by atoms with van der Waals surface area (Å²) >= 11 is 0. The Labute approximate surface area is 114 Å². The maximum atomic E-state index is 11.0. The third kappa shape index (κ3) is 3.03. The average Bonchev–Trinajstić information content (AvgIpc) is 2.62. The van der Waals surface area contributed by atoms with E-state index in [4.69, 9.17) is 0 Å². The molecule has 0 aliphatic carbocycles. The van der Waals surface area contributed by atoms with Crippen molar-refractivity contribution in [2.75, 3.05) is 0 Å². The molecule has 2 rings (SSSR count). The summed E-state index contributed by atoms with van der Waals surface area (Å²) < 4.78 is 2.27. The van der Waals surface area contributed by atoms with Crippen LogP contribution in [-0.2, 0) is 11.3 Å². The van der Waals surface area contributed by atoms with Crippen LogP contribution < -0.4 is 0 Å². The van der Waals surface area contributed by atoms with E-state index in [-0.39, 0.29) is 5.78 Å². The quantitative estimate of drug-likeness (QED) is 0.766. The minimum atomic E-state index is 0.277. The summed E-state index contributed by atoms with van der Waals surface area (Å²) in [5.41, 5.74) is 4.84. The van der Waals surface area contributed by atoms with Gasteiger partial charge in [-0.05, 0) is 57.7 Å². The van der Waals surface area contributed by atoms with Gasteiger partial charge in [0.05, 0.1) is 11.0 Å². The summed E-state index contributed by atoms with van der Waals surface area (Å²) in [6.07, 6.45) is 2.67. The molecule has 0 aliphatic rings. The maximum absolute atomic E-state index is 11.0. The van der Waals surface area contributed by atoms with Gasteiger partial charge in [0.2, 0.25) is 0 Å². The number of nitrogens with zero attached hydrogens (tertiary/aromatic N) is 2. The summed E-state index contributed by atoms with van der Waals surface area (Å²) in [7, 11) is 0. The zero-order valence-corrected chi connectivity index (χ0v) is 12.3. The second-order valence-corrected chi connectivity index (χ2v) is 5.42. The van der Waals surface area contributed by atoms with Crippen LogP contribution in [-0.4, -0.2) is 15.3 Å². The van der Waals surface area contributed by atoms with E-state index in [2.05, 4.69) is 42.5 Å². The van der Waals surface area contributed by atoms with Crippen molar-refractivity contribution in [2.24, 2.45) is 0 Å². The lowest BCUT2D eigenvalue weighted by atomic mass is 10.1. The fourth-order valence-corrected chi connectivity index (χ4v) is 2.61. The lowest BCUT2D eigenvalue weighted by molar-refractivity contribution is -0.117. The molecular weight excluding hydrogens is 236 g/mol. The molecule has 1 heterocycles. The number of Topliss-reactive ketones (excluding diaryl/α,β-unsaturated/α-hetero) is 1. The van der Waals surface area contributed by atoms with E-state index in [0.29, 0.717) is 6.42 Å². The Morgan fingerprint density at radius 3 is 2.63 bits per heavy atom. The standard InChI is InChI=1S/C16H22N2O/c1-11-9-12(2)16-15(10-11)18(14(4)17-16)8-6-5-7-13(3)19/h9-10H,5-8H2,1-4H3. The Kier molecular flexibility index (Phi) is 4.03. The number of rotatable bonds is 5. The highest BCUT2D eigenvalue weighted by Gasteiger charge is 2.09. The second kappa shape index (κ2) is 5.55. The molecule has 0 aliphatic heterocycles. The number of carbonyl (C=O) groups is 1. The number of hydrogen-bond acceptors (Lipinski definition) is 2. The van der Waals surface area contributed by atoms with Gasteiger partial charge in [0, 0.05) is 13.0 Å². The van der Waals surface area contributed by atoms with E-state index < -0.39 is 0 Å². The van der Waals surface area contributed by atoms with Gasteiger partial charge in [0.15, 0.2) is 0 Å². The summed E-state index contributed by atoms with van der Waals surface area (Å²) in [5, 5.41) is 0. The molecule has 0 fully saturated rings. The number of hydrogen-bond donors (Lipinski definition) is 0. The van der Waals surface area contributed by atoms with Crippen LogP contribution in [0, 0.1) is 20.8 Å². The van der Waals surface area contributed by atoms with Crippen molar-refractivity contribution in [1.29, 1.82) is 0 Å². The Hall–Kier alpha value is -1.64. The van der Waals surface area contributed by atoms with Gasteiger partial charge in [0.25, 0.3) is 0 Å². The third-order valence-electron chi connectivity index (χ3n) is 3.54. The molecule has 0 saturated heterocycles. The van der Waals surface area contributed by atoms with E-state index in [1.165, 1.54) is 16.6 Å². The van der Waals surface area contributed by atoms with E-state index in [0.717, 1.165) is 30.7 Å². The lowest BCUT2D eigenvalue weighted by Gasteiger charge is -2.07. The van der Waals surface area contributed by atoms with Gasteiger partial charge in [0.1, 0.15) is 11.6 Å². The molecule has 3 heteroatoms. The van der Waals surface area contributed by atoms with Crippen LogP contribution in [0.2, 0.25) is 0 Å². The zero-order chi connectivity index (χ0) is 14.0. The molecule has 0 radical (unpaired) electrons. The number of carbonyl (C=O) groups excluding carboxylic acids is 1. The van der Waals surface area contributed by atoms with Crippen LogP contribution in [0.5, 0.6) is 0 Å². The van der Waals surface area contributed by atoms with Gasteiger partial charge in [-0.1, -0.05) is 6.07 Å². The maximum Gasteiger partial charge on any atom is 0.129 e. The molecule has 0 amide bonds. The molecule has 19 heavy (non-hydrogen) atoms. The molecule has 0 saturated carbocycles. The predicted molar refractivity (Wildman–Crippen MR) is 78.5 cm³/mol. The largest absolute Gasteiger partial charge is 0.328 e. The molecule has 1 aromatic carbocycles. The first kappa shape index (κ1) is 13.8. The van der Waals surface area contributed by atoms with Crippen molar-refractivity contribution in [1.82, 2.24) is 9.55 Å². The zero-order valence-electron chi connectivity index (χ0n) is 12.3. The molecule has 0 N–H and O–H groups in total. The number of ketones is 1. The fraction of sp³-hybridized carbons (Fsp3) is 0.500. The fourth-order valence-electron chi connectivity index (χ4n) is 2.61. The number of aromatic nitrogens is 2. The van der Waals surface area contributed by atoms with Crippen LogP contribution in [0.1, 0.15) is 43.1 Å². The molecule has 3 nitrogen and oxygen atoms in total. The summed E-state index contributed by atoms with van der Waals surface area (Å²) in [6, 6.07) is 4.38. The Morgan fingerprint density at radius 2 is 1.95 bits per heavy atom. The van der Waals surface area contributed by atoms with E-state index in [1.807, 2.05) is 0 Å². The Morgan fingerprint density at radius 1 is 1.21 bits per heavy atom. The van der Waals surface area contributed by atoms with Gasteiger partial charge in [-0.3, -0.25) is 0 Å². The van der Waals surface area contributed by atoms with Gasteiger partial charge in [-0.2, -0.15) is 0 Å². The Balaban J connectivity index is 2.22. The van der Waals surface area contributed by atoms with Crippen molar-refractivity contribution in [3.63, 3.8) is 0 Å². The van der Waals surface area contributed by atoms with E-state index >= 15 is 0 Å². The molecule has 0 atom stereocenters. The van der Waals surface area contributed by atoms with Crippen LogP contribution in [0.15, 0.2) is 12.1 Å². The van der Waals surface area contributed by atoms with Gasteiger partial charge in [-0.25, -0.2) is 4.98 Å². The molecule has 1 aromatic heterocycles.